The van der Waals surface area contributed by atoms with Gasteiger partial charge in [-0.3, -0.25) is 9.52 Å². The molecule has 0 spiro atoms. The molecule has 0 saturated heterocycles. The summed E-state index contributed by atoms with van der Waals surface area (Å²) in [7, 11) is -3.63. The Morgan fingerprint density at radius 3 is 2.26 bits per heavy atom. The van der Waals surface area contributed by atoms with Gasteiger partial charge in [0.25, 0.3) is 0 Å². The molecule has 1 aromatic carbocycles. The fourth-order valence-electron chi connectivity index (χ4n) is 1.40. The van der Waals surface area contributed by atoms with Crippen molar-refractivity contribution in [2.24, 2.45) is 5.41 Å². The highest BCUT2D eigenvalue weighted by molar-refractivity contribution is 7.92. The lowest BCUT2D eigenvalue weighted by molar-refractivity contribution is 0.0858. The zero-order chi connectivity index (χ0) is 15.0. The molecule has 0 aliphatic rings. The minimum atomic E-state index is -3.63. The third kappa shape index (κ3) is 4.18. The van der Waals surface area contributed by atoms with Crippen molar-refractivity contribution in [2.45, 2.75) is 20.8 Å². The smallest absolute Gasteiger partial charge is 0.229 e. The van der Waals surface area contributed by atoms with Crippen molar-refractivity contribution in [3.8, 4) is 0 Å². The van der Waals surface area contributed by atoms with Gasteiger partial charge in [0.2, 0.25) is 10.0 Å². The molecule has 0 amide bonds. The van der Waals surface area contributed by atoms with Crippen LogP contribution in [0.4, 0.5) is 10.1 Å². The molecule has 1 aromatic rings. The first kappa shape index (κ1) is 15.9. The van der Waals surface area contributed by atoms with Gasteiger partial charge in [0.15, 0.2) is 5.78 Å². The fourth-order valence-corrected chi connectivity index (χ4v) is 2.20. The minimum absolute atomic E-state index is 0.0449. The van der Waals surface area contributed by atoms with E-state index in [1.165, 1.54) is 0 Å². The highest BCUT2D eigenvalue weighted by Crippen LogP contribution is 2.30. The number of sulfonamides is 1. The van der Waals surface area contributed by atoms with Crippen LogP contribution in [0.5, 0.6) is 0 Å². The molecule has 106 valence electrons. The van der Waals surface area contributed by atoms with Crippen molar-refractivity contribution in [1.82, 2.24) is 0 Å². The Hall–Kier alpha value is -1.14. The number of benzene rings is 1. The first-order valence-corrected chi connectivity index (χ1v) is 7.70. The number of Topliss-reactive ketones (excluding diaryl/α,β-unsaturated/α-hetero) is 1. The molecule has 19 heavy (non-hydrogen) atoms. The summed E-state index contributed by atoms with van der Waals surface area (Å²) >= 11 is 5.84. The van der Waals surface area contributed by atoms with Crippen molar-refractivity contribution in [2.75, 3.05) is 11.0 Å². The molecule has 0 aliphatic carbocycles. The Labute approximate surface area is 117 Å². The van der Waals surface area contributed by atoms with Gasteiger partial charge in [0.1, 0.15) is 5.82 Å². The molecule has 0 unspecified atom stereocenters. The summed E-state index contributed by atoms with van der Waals surface area (Å²) in [5.41, 5.74) is -0.912. The third-order valence-corrected chi connectivity index (χ3v) is 3.18. The molecule has 0 heterocycles. The summed E-state index contributed by atoms with van der Waals surface area (Å²) in [6.07, 6.45) is 0.895. The summed E-state index contributed by atoms with van der Waals surface area (Å²) < 4.78 is 37.8. The van der Waals surface area contributed by atoms with Crippen molar-refractivity contribution in [1.29, 1.82) is 0 Å². The van der Waals surface area contributed by atoms with Gasteiger partial charge in [-0.2, -0.15) is 0 Å². The Morgan fingerprint density at radius 1 is 1.32 bits per heavy atom. The van der Waals surface area contributed by atoms with Crippen LogP contribution in [0, 0.1) is 11.2 Å². The Balaban J connectivity index is 3.36. The molecule has 0 bridgehead atoms. The lowest BCUT2D eigenvalue weighted by atomic mass is 9.86. The number of nitrogens with one attached hydrogen (secondary N) is 1. The van der Waals surface area contributed by atoms with Crippen LogP contribution in [0.1, 0.15) is 31.1 Å². The van der Waals surface area contributed by atoms with Gasteiger partial charge in [-0.15, -0.1) is 0 Å². The number of anilines is 1. The van der Waals surface area contributed by atoms with E-state index < -0.39 is 21.3 Å². The van der Waals surface area contributed by atoms with Crippen LogP contribution in [-0.4, -0.2) is 20.5 Å². The van der Waals surface area contributed by atoms with Crippen LogP contribution in [0.15, 0.2) is 12.1 Å². The van der Waals surface area contributed by atoms with Crippen LogP contribution in [0.3, 0.4) is 0 Å². The summed E-state index contributed by atoms with van der Waals surface area (Å²) in [4.78, 5) is 12.1. The van der Waals surface area contributed by atoms with Gasteiger partial charge in [-0.1, -0.05) is 32.4 Å². The number of carbonyl (C=O) groups is 1. The second-order valence-corrected chi connectivity index (χ2v) is 7.42. The third-order valence-electron chi connectivity index (χ3n) is 2.28. The Bertz CT molecular complexity index is 621. The van der Waals surface area contributed by atoms with E-state index in [1.54, 1.807) is 20.8 Å². The maximum Gasteiger partial charge on any atom is 0.229 e. The molecule has 0 aromatic heterocycles. The molecule has 0 radical (unpaired) electrons. The van der Waals surface area contributed by atoms with E-state index in [1.807, 2.05) is 4.72 Å². The summed E-state index contributed by atoms with van der Waals surface area (Å²) in [5.74, 6) is -1.13. The van der Waals surface area contributed by atoms with E-state index in [0.29, 0.717) is 0 Å². The lowest BCUT2D eigenvalue weighted by Gasteiger charge is -2.18. The molecule has 0 fully saturated rings. The molecule has 4 nitrogen and oxygen atoms in total. The molecule has 1 N–H and O–H groups in total. The van der Waals surface area contributed by atoms with E-state index >= 15 is 0 Å². The normalized spacial score (nSPS) is 12.3. The van der Waals surface area contributed by atoms with E-state index in [0.717, 1.165) is 18.4 Å². The van der Waals surface area contributed by atoms with Gasteiger partial charge >= 0.3 is 0 Å². The second-order valence-electron chi connectivity index (χ2n) is 5.27. The van der Waals surface area contributed by atoms with Crippen LogP contribution < -0.4 is 4.72 Å². The van der Waals surface area contributed by atoms with Crippen molar-refractivity contribution >= 4 is 33.1 Å². The number of hydrogen-bond donors (Lipinski definition) is 1. The number of hydrogen-bond acceptors (Lipinski definition) is 3. The Kier molecular flexibility index (Phi) is 4.27. The van der Waals surface area contributed by atoms with Crippen molar-refractivity contribution in [3.05, 3.63) is 28.5 Å². The predicted octanol–water partition coefficient (Wildman–Crippen LogP) is 3.08. The maximum absolute atomic E-state index is 13.6. The molecule has 0 atom stereocenters. The second kappa shape index (κ2) is 5.09. The molecular weight excluding hydrogens is 293 g/mol. The zero-order valence-electron chi connectivity index (χ0n) is 11.0. The number of halogens is 2. The Morgan fingerprint density at radius 2 is 1.84 bits per heavy atom. The summed E-state index contributed by atoms with van der Waals surface area (Å²) in [6.45, 7) is 5.08. The summed E-state index contributed by atoms with van der Waals surface area (Å²) in [6, 6.07) is 2.04. The quantitative estimate of drug-likeness (QED) is 0.873. The minimum Gasteiger partial charge on any atom is -0.294 e. The zero-order valence-corrected chi connectivity index (χ0v) is 12.6. The average Bonchev–Trinajstić information content (AvgIpc) is 2.18. The van der Waals surface area contributed by atoms with E-state index in [9.17, 15) is 17.6 Å². The lowest BCUT2D eigenvalue weighted by Crippen LogP contribution is -2.21. The standard InChI is InChI=1S/C12H15ClFNO3S/c1-12(2,3)11(16)7-5-10(15-19(4,17)18)9(14)6-8(7)13/h5-6,15H,1-4H3. The van der Waals surface area contributed by atoms with Crippen LogP contribution >= 0.6 is 11.6 Å². The molecular formula is C12H15ClFNO3S. The molecule has 0 saturated carbocycles. The van der Waals surface area contributed by atoms with E-state index in [-0.39, 0.29) is 22.1 Å². The van der Waals surface area contributed by atoms with E-state index in [4.69, 9.17) is 11.6 Å². The number of carbonyl (C=O) groups excluding carboxylic acids is 1. The highest BCUT2D eigenvalue weighted by atomic mass is 35.5. The van der Waals surface area contributed by atoms with Crippen molar-refractivity contribution < 1.29 is 17.6 Å². The van der Waals surface area contributed by atoms with Gasteiger partial charge < -0.3 is 0 Å². The largest absolute Gasteiger partial charge is 0.294 e. The predicted molar refractivity (Wildman–Crippen MR) is 73.7 cm³/mol. The van der Waals surface area contributed by atoms with Crippen molar-refractivity contribution in [3.63, 3.8) is 0 Å². The van der Waals surface area contributed by atoms with Crippen LogP contribution in [-0.2, 0) is 10.0 Å². The first-order valence-electron chi connectivity index (χ1n) is 5.43. The van der Waals surface area contributed by atoms with Gasteiger partial charge in [-0.05, 0) is 12.1 Å². The van der Waals surface area contributed by atoms with Crippen LogP contribution in [0.2, 0.25) is 5.02 Å². The van der Waals surface area contributed by atoms with Gasteiger partial charge in [0.05, 0.1) is 17.0 Å². The average molecular weight is 308 g/mol. The number of ketones is 1. The number of rotatable bonds is 3. The van der Waals surface area contributed by atoms with Gasteiger partial charge in [0, 0.05) is 11.0 Å². The SMILES string of the molecule is CC(C)(C)C(=O)c1cc(NS(C)(=O)=O)c(F)cc1Cl. The fraction of sp³-hybridized carbons (Fsp3) is 0.417. The monoisotopic (exact) mass is 307 g/mol. The topological polar surface area (TPSA) is 63.2 Å². The van der Waals surface area contributed by atoms with Crippen LogP contribution in [0.25, 0.3) is 0 Å². The summed E-state index contributed by atoms with van der Waals surface area (Å²) in [5, 5.41) is -0.0449. The highest BCUT2D eigenvalue weighted by Gasteiger charge is 2.26. The molecule has 7 heteroatoms. The van der Waals surface area contributed by atoms with E-state index in [2.05, 4.69) is 0 Å². The first-order chi connectivity index (χ1) is 8.42. The molecule has 1 rings (SSSR count). The molecule has 0 aliphatic heterocycles. The maximum atomic E-state index is 13.6. The van der Waals surface area contributed by atoms with Gasteiger partial charge in [-0.25, -0.2) is 12.8 Å².